The average Bonchev–Trinajstić information content (AvgIpc) is 2.40. The highest BCUT2D eigenvalue weighted by Gasteiger charge is 2.19. The van der Waals surface area contributed by atoms with Crippen LogP contribution in [0.3, 0.4) is 0 Å². The van der Waals surface area contributed by atoms with Crippen LogP contribution in [-0.4, -0.2) is 5.71 Å². The quantitative estimate of drug-likeness (QED) is 0.694. The van der Waals surface area contributed by atoms with Gasteiger partial charge in [0.25, 0.3) is 0 Å². The van der Waals surface area contributed by atoms with Gasteiger partial charge >= 0.3 is 0 Å². The molecule has 1 atom stereocenters. The second-order valence-corrected chi connectivity index (χ2v) is 4.50. The van der Waals surface area contributed by atoms with E-state index in [0.717, 1.165) is 12.1 Å². The van der Waals surface area contributed by atoms with Crippen molar-refractivity contribution in [3.63, 3.8) is 0 Å². The summed E-state index contributed by atoms with van der Waals surface area (Å²) in [6.07, 6.45) is 1.01. The first kappa shape index (κ1) is 10.3. The van der Waals surface area contributed by atoms with E-state index in [0.29, 0.717) is 0 Å². The van der Waals surface area contributed by atoms with E-state index in [1.807, 2.05) is 0 Å². The molecule has 0 bridgehead atoms. The first-order chi connectivity index (χ1) is 8.34. The number of hydrogen-bond acceptors (Lipinski definition) is 1. The Labute approximate surface area is 102 Å². The number of nitrogens with zero attached hydrogens (tertiary/aromatic N) is 1. The second kappa shape index (κ2) is 4.17. The summed E-state index contributed by atoms with van der Waals surface area (Å²) >= 11 is 0. The molecule has 1 heterocycles. The van der Waals surface area contributed by atoms with Gasteiger partial charge in [-0.3, -0.25) is 4.99 Å². The number of aliphatic imine (C=N–C) groups is 1. The Balaban J connectivity index is 2.02. The van der Waals surface area contributed by atoms with E-state index in [4.69, 9.17) is 4.99 Å². The number of rotatable bonds is 1. The molecule has 1 aliphatic heterocycles. The summed E-state index contributed by atoms with van der Waals surface area (Å²) in [5, 5.41) is 0. The number of fused-ring (bicyclic) bond motifs is 1. The molecular weight excluding hydrogens is 206 g/mol. The first-order valence-corrected chi connectivity index (χ1v) is 6.02. The van der Waals surface area contributed by atoms with E-state index in [-0.39, 0.29) is 6.04 Å². The van der Waals surface area contributed by atoms with Crippen LogP contribution in [-0.2, 0) is 6.42 Å². The molecule has 1 heteroatoms. The van der Waals surface area contributed by atoms with E-state index in [9.17, 15) is 0 Å². The molecule has 0 aliphatic carbocycles. The highest BCUT2D eigenvalue weighted by Crippen LogP contribution is 2.29. The van der Waals surface area contributed by atoms with Crippen LogP contribution < -0.4 is 0 Å². The van der Waals surface area contributed by atoms with Crippen molar-refractivity contribution in [2.45, 2.75) is 19.4 Å². The predicted octanol–water partition coefficient (Wildman–Crippen LogP) is 3.79. The summed E-state index contributed by atoms with van der Waals surface area (Å²) in [5.74, 6) is 0. The fourth-order valence-electron chi connectivity index (χ4n) is 2.48. The third-order valence-corrected chi connectivity index (χ3v) is 3.35. The summed E-state index contributed by atoms with van der Waals surface area (Å²) in [5.41, 5.74) is 5.18. The van der Waals surface area contributed by atoms with Crippen LogP contribution in [0, 0.1) is 0 Å². The topological polar surface area (TPSA) is 12.4 Å². The van der Waals surface area contributed by atoms with E-state index < -0.39 is 0 Å². The van der Waals surface area contributed by atoms with Gasteiger partial charge in [0.05, 0.1) is 6.04 Å². The minimum atomic E-state index is 0.283. The lowest BCUT2D eigenvalue weighted by molar-refractivity contribution is 0.711. The Morgan fingerprint density at radius 2 is 1.65 bits per heavy atom. The lowest BCUT2D eigenvalue weighted by Crippen LogP contribution is -2.13. The lowest BCUT2D eigenvalue weighted by atomic mass is 9.91. The number of benzene rings is 2. The van der Waals surface area contributed by atoms with Crippen molar-refractivity contribution in [1.29, 1.82) is 0 Å². The molecular formula is C16H15N. The third-order valence-electron chi connectivity index (χ3n) is 3.35. The molecule has 17 heavy (non-hydrogen) atoms. The molecule has 1 nitrogen and oxygen atoms in total. The zero-order chi connectivity index (χ0) is 11.7. The molecule has 0 saturated heterocycles. The lowest BCUT2D eigenvalue weighted by Gasteiger charge is -2.22. The summed E-state index contributed by atoms with van der Waals surface area (Å²) in [6, 6.07) is 19.4. The molecule has 1 aliphatic rings. The van der Waals surface area contributed by atoms with Gasteiger partial charge in [-0.15, -0.1) is 0 Å². The molecule has 0 spiro atoms. The van der Waals surface area contributed by atoms with Crippen LogP contribution in [0.1, 0.15) is 29.7 Å². The zero-order valence-electron chi connectivity index (χ0n) is 9.93. The maximum absolute atomic E-state index is 4.81. The fraction of sp³-hybridized carbons (Fsp3) is 0.188. The predicted molar refractivity (Wildman–Crippen MR) is 71.5 cm³/mol. The molecule has 0 saturated carbocycles. The SMILES string of the molecule is CC1=NC(c2ccccc2)Cc2ccccc21. The van der Waals surface area contributed by atoms with Crippen molar-refractivity contribution in [3.8, 4) is 0 Å². The Morgan fingerprint density at radius 1 is 0.941 bits per heavy atom. The normalized spacial score (nSPS) is 18.4. The highest BCUT2D eigenvalue weighted by molar-refractivity contribution is 6.00. The molecule has 84 valence electrons. The molecule has 0 N–H and O–H groups in total. The Hall–Kier alpha value is -1.89. The van der Waals surface area contributed by atoms with Gasteiger partial charge in [0, 0.05) is 5.71 Å². The molecule has 2 aromatic rings. The first-order valence-electron chi connectivity index (χ1n) is 6.02. The fourth-order valence-corrected chi connectivity index (χ4v) is 2.48. The summed E-state index contributed by atoms with van der Waals surface area (Å²) < 4.78 is 0. The zero-order valence-corrected chi connectivity index (χ0v) is 9.93. The third kappa shape index (κ3) is 1.89. The smallest absolute Gasteiger partial charge is 0.0792 e. The Bertz CT molecular complexity index is 555. The van der Waals surface area contributed by atoms with Crippen LogP contribution in [0.5, 0.6) is 0 Å². The molecule has 1 unspecified atom stereocenters. The molecule has 2 aromatic carbocycles. The standard InChI is InChI=1S/C16H15N/c1-12-15-10-6-5-9-14(15)11-16(17-12)13-7-3-2-4-8-13/h2-10,16H,11H2,1H3. The van der Waals surface area contributed by atoms with Crippen molar-refractivity contribution in [2.24, 2.45) is 4.99 Å². The maximum atomic E-state index is 4.81. The molecule has 0 amide bonds. The molecule has 0 fully saturated rings. The van der Waals surface area contributed by atoms with E-state index >= 15 is 0 Å². The van der Waals surface area contributed by atoms with Crippen molar-refractivity contribution >= 4 is 5.71 Å². The summed E-state index contributed by atoms with van der Waals surface area (Å²) in [7, 11) is 0. The van der Waals surface area contributed by atoms with Crippen molar-refractivity contribution in [1.82, 2.24) is 0 Å². The number of hydrogen-bond donors (Lipinski definition) is 0. The monoisotopic (exact) mass is 221 g/mol. The van der Waals surface area contributed by atoms with Gasteiger partial charge in [-0.25, -0.2) is 0 Å². The largest absolute Gasteiger partial charge is 0.281 e. The van der Waals surface area contributed by atoms with E-state index in [1.54, 1.807) is 0 Å². The van der Waals surface area contributed by atoms with Crippen LogP contribution in [0.25, 0.3) is 0 Å². The van der Waals surface area contributed by atoms with Gasteiger partial charge in [-0.05, 0) is 30.0 Å². The van der Waals surface area contributed by atoms with Gasteiger partial charge in [0.1, 0.15) is 0 Å². The molecule has 3 rings (SSSR count). The highest BCUT2D eigenvalue weighted by atomic mass is 14.8. The summed E-state index contributed by atoms with van der Waals surface area (Å²) in [4.78, 5) is 4.81. The van der Waals surface area contributed by atoms with Gasteiger partial charge in [-0.1, -0.05) is 54.6 Å². The van der Waals surface area contributed by atoms with E-state index in [2.05, 4.69) is 61.5 Å². The van der Waals surface area contributed by atoms with Crippen molar-refractivity contribution < 1.29 is 0 Å². The maximum Gasteiger partial charge on any atom is 0.0792 e. The average molecular weight is 221 g/mol. The van der Waals surface area contributed by atoms with Crippen molar-refractivity contribution in [2.75, 3.05) is 0 Å². The van der Waals surface area contributed by atoms with E-state index in [1.165, 1.54) is 16.7 Å². The van der Waals surface area contributed by atoms with Crippen LogP contribution >= 0.6 is 0 Å². The summed E-state index contributed by atoms with van der Waals surface area (Å²) in [6.45, 7) is 2.11. The van der Waals surface area contributed by atoms with Crippen LogP contribution in [0.2, 0.25) is 0 Å². The van der Waals surface area contributed by atoms with Gasteiger partial charge in [0.2, 0.25) is 0 Å². The van der Waals surface area contributed by atoms with Gasteiger partial charge in [-0.2, -0.15) is 0 Å². The second-order valence-electron chi connectivity index (χ2n) is 4.50. The Kier molecular flexibility index (Phi) is 2.52. The minimum Gasteiger partial charge on any atom is -0.281 e. The minimum absolute atomic E-state index is 0.283. The van der Waals surface area contributed by atoms with Crippen LogP contribution in [0.15, 0.2) is 59.6 Å². The van der Waals surface area contributed by atoms with Gasteiger partial charge < -0.3 is 0 Å². The molecule has 0 radical (unpaired) electrons. The Morgan fingerprint density at radius 3 is 2.47 bits per heavy atom. The van der Waals surface area contributed by atoms with Crippen LogP contribution in [0.4, 0.5) is 0 Å². The van der Waals surface area contributed by atoms with Crippen molar-refractivity contribution in [3.05, 3.63) is 71.3 Å². The molecule has 0 aromatic heterocycles. The van der Waals surface area contributed by atoms with Gasteiger partial charge in [0.15, 0.2) is 0 Å².